The van der Waals surface area contributed by atoms with Gasteiger partial charge in [0.25, 0.3) is 0 Å². The van der Waals surface area contributed by atoms with E-state index in [-0.39, 0.29) is 17.7 Å². The first-order chi connectivity index (χ1) is 9.16. The topological polar surface area (TPSA) is 79.3 Å². The lowest BCUT2D eigenvalue weighted by molar-refractivity contribution is -0.146. The zero-order valence-electron chi connectivity index (χ0n) is 10.2. The highest BCUT2D eigenvalue weighted by atomic mass is 16.4. The van der Waals surface area contributed by atoms with E-state index in [1.807, 2.05) is 12.2 Å². The maximum absolute atomic E-state index is 12.3. The van der Waals surface area contributed by atoms with Gasteiger partial charge >= 0.3 is 5.97 Å². The standard InChI is InChI=1S/C14H14N2O3/c17-13(16-10-3-1-2-6-15-10)11-8-4-5-9(7-8)12(11)14(18)19/h1-6,8-9,11-12H,7H2,(H,18,19)(H,15,16,17)/t8-,9+,11-,12+/m0/s1. The number of nitrogens with one attached hydrogen (secondary N) is 1. The molecule has 1 amide bonds. The van der Waals surface area contributed by atoms with Crippen LogP contribution in [0.1, 0.15) is 6.42 Å². The number of aliphatic carboxylic acids is 1. The summed E-state index contributed by atoms with van der Waals surface area (Å²) in [5.74, 6) is -1.76. The van der Waals surface area contributed by atoms with Crippen LogP contribution in [-0.4, -0.2) is 22.0 Å². The van der Waals surface area contributed by atoms with Gasteiger partial charge in [0.15, 0.2) is 0 Å². The number of carboxylic acids is 1. The number of allylic oxidation sites excluding steroid dienone is 2. The smallest absolute Gasteiger partial charge is 0.307 e. The highest BCUT2D eigenvalue weighted by Crippen LogP contribution is 2.48. The Bertz CT molecular complexity index is 541. The van der Waals surface area contributed by atoms with Crippen LogP contribution in [0.2, 0.25) is 0 Å². The van der Waals surface area contributed by atoms with Gasteiger partial charge in [0, 0.05) is 6.20 Å². The molecule has 4 atom stereocenters. The Kier molecular flexibility index (Phi) is 2.81. The number of fused-ring (bicyclic) bond motifs is 2. The van der Waals surface area contributed by atoms with Crippen molar-refractivity contribution in [3.63, 3.8) is 0 Å². The van der Waals surface area contributed by atoms with Crippen molar-refractivity contribution in [1.82, 2.24) is 4.98 Å². The number of carbonyl (C=O) groups is 2. The van der Waals surface area contributed by atoms with Crippen molar-refractivity contribution in [1.29, 1.82) is 0 Å². The first-order valence-corrected chi connectivity index (χ1v) is 6.30. The fourth-order valence-corrected chi connectivity index (χ4v) is 3.16. The molecule has 2 bridgehead atoms. The van der Waals surface area contributed by atoms with Crippen LogP contribution in [0, 0.1) is 23.7 Å². The lowest BCUT2D eigenvalue weighted by Gasteiger charge is -2.23. The number of rotatable bonds is 3. The van der Waals surface area contributed by atoms with E-state index < -0.39 is 17.8 Å². The summed E-state index contributed by atoms with van der Waals surface area (Å²) in [6.07, 6.45) is 6.24. The third kappa shape index (κ3) is 2.01. The molecule has 0 spiro atoms. The van der Waals surface area contributed by atoms with E-state index in [0.717, 1.165) is 6.42 Å². The molecular weight excluding hydrogens is 244 g/mol. The predicted molar refractivity (Wildman–Crippen MR) is 68.2 cm³/mol. The van der Waals surface area contributed by atoms with Crippen LogP contribution in [0.15, 0.2) is 36.5 Å². The van der Waals surface area contributed by atoms with Gasteiger partial charge in [-0.15, -0.1) is 0 Å². The molecule has 0 radical (unpaired) electrons. The number of carbonyl (C=O) groups excluding carboxylic acids is 1. The van der Waals surface area contributed by atoms with Gasteiger partial charge in [0.1, 0.15) is 5.82 Å². The number of anilines is 1. The van der Waals surface area contributed by atoms with Crippen molar-refractivity contribution in [3.8, 4) is 0 Å². The number of pyridine rings is 1. The van der Waals surface area contributed by atoms with Crippen molar-refractivity contribution in [3.05, 3.63) is 36.5 Å². The zero-order valence-corrected chi connectivity index (χ0v) is 10.2. The fourth-order valence-electron chi connectivity index (χ4n) is 3.16. The van der Waals surface area contributed by atoms with Gasteiger partial charge in [-0.05, 0) is 30.4 Å². The Morgan fingerprint density at radius 3 is 2.58 bits per heavy atom. The number of aromatic nitrogens is 1. The number of carboxylic acid groups (broad SMARTS) is 1. The molecule has 0 unspecified atom stereocenters. The average Bonchev–Trinajstić information content (AvgIpc) is 2.99. The maximum Gasteiger partial charge on any atom is 0.307 e. The molecule has 2 aliphatic carbocycles. The summed E-state index contributed by atoms with van der Waals surface area (Å²) in [4.78, 5) is 27.6. The zero-order chi connectivity index (χ0) is 13.4. The quantitative estimate of drug-likeness (QED) is 0.806. The molecule has 1 heterocycles. The monoisotopic (exact) mass is 258 g/mol. The minimum atomic E-state index is -0.891. The fraction of sp³-hybridized carbons (Fsp3) is 0.357. The normalized spacial score (nSPS) is 31.4. The summed E-state index contributed by atoms with van der Waals surface area (Å²) in [5.41, 5.74) is 0. The first-order valence-electron chi connectivity index (χ1n) is 6.30. The second-order valence-corrected chi connectivity index (χ2v) is 5.04. The summed E-state index contributed by atoms with van der Waals surface area (Å²) in [6.45, 7) is 0. The van der Waals surface area contributed by atoms with Crippen LogP contribution < -0.4 is 5.32 Å². The minimum absolute atomic E-state index is 0.0121. The van der Waals surface area contributed by atoms with Gasteiger partial charge in [-0.2, -0.15) is 0 Å². The molecule has 0 saturated heterocycles. The molecule has 1 saturated carbocycles. The Morgan fingerprint density at radius 2 is 1.95 bits per heavy atom. The summed E-state index contributed by atoms with van der Waals surface area (Å²) < 4.78 is 0. The van der Waals surface area contributed by atoms with Gasteiger partial charge < -0.3 is 10.4 Å². The molecule has 2 aliphatic rings. The number of hydrogen-bond acceptors (Lipinski definition) is 3. The predicted octanol–water partition coefficient (Wildman–Crippen LogP) is 1.54. The van der Waals surface area contributed by atoms with Crippen LogP contribution in [0.4, 0.5) is 5.82 Å². The third-order valence-corrected chi connectivity index (χ3v) is 3.96. The van der Waals surface area contributed by atoms with E-state index >= 15 is 0 Å². The van der Waals surface area contributed by atoms with Gasteiger partial charge in [-0.25, -0.2) is 4.98 Å². The van der Waals surface area contributed by atoms with E-state index in [0.29, 0.717) is 5.82 Å². The molecule has 2 N–H and O–H groups in total. The molecule has 1 aromatic rings. The second kappa shape index (κ2) is 4.50. The van der Waals surface area contributed by atoms with Gasteiger partial charge in [0.05, 0.1) is 11.8 Å². The maximum atomic E-state index is 12.3. The molecule has 19 heavy (non-hydrogen) atoms. The summed E-state index contributed by atoms with van der Waals surface area (Å²) in [7, 11) is 0. The van der Waals surface area contributed by atoms with E-state index in [4.69, 9.17) is 0 Å². The van der Waals surface area contributed by atoms with E-state index in [9.17, 15) is 14.7 Å². The molecule has 1 aromatic heterocycles. The van der Waals surface area contributed by atoms with Crippen molar-refractivity contribution in [2.24, 2.45) is 23.7 Å². The van der Waals surface area contributed by atoms with Crippen LogP contribution in [0.5, 0.6) is 0 Å². The van der Waals surface area contributed by atoms with Crippen LogP contribution in [-0.2, 0) is 9.59 Å². The molecule has 3 rings (SSSR count). The largest absolute Gasteiger partial charge is 0.481 e. The number of amides is 1. The van der Waals surface area contributed by atoms with E-state index in [1.165, 1.54) is 0 Å². The Morgan fingerprint density at radius 1 is 1.21 bits per heavy atom. The molecule has 1 fully saturated rings. The molecule has 5 heteroatoms. The van der Waals surface area contributed by atoms with Crippen LogP contribution >= 0.6 is 0 Å². The Balaban J connectivity index is 1.79. The van der Waals surface area contributed by atoms with Crippen LogP contribution in [0.25, 0.3) is 0 Å². The van der Waals surface area contributed by atoms with Crippen molar-refractivity contribution >= 4 is 17.7 Å². The second-order valence-electron chi connectivity index (χ2n) is 5.04. The van der Waals surface area contributed by atoms with Crippen LogP contribution in [0.3, 0.4) is 0 Å². The highest BCUT2D eigenvalue weighted by molar-refractivity contribution is 5.95. The summed E-state index contributed by atoms with van der Waals surface area (Å²) in [6, 6.07) is 5.23. The average molecular weight is 258 g/mol. The highest BCUT2D eigenvalue weighted by Gasteiger charge is 2.51. The third-order valence-electron chi connectivity index (χ3n) is 3.96. The van der Waals surface area contributed by atoms with Gasteiger partial charge in [-0.1, -0.05) is 18.2 Å². The molecule has 5 nitrogen and oxygen atoms in total. The Hall–Kier alpha value is -2.17. The minimum Gasteiger partial charge on any atom is -0.481 e. The number of hydrogen-bond donors (Lipinski definition) is 2. The first kappa shape index (κ1) is 11.9. The summed E-state index contributed by atoms with van der Waals surface area (Å²) in [5, 5.41) is 12.0. The van der Waals surface area contributed by atoms with E-state index in [1.54, 1.807) is 24.4 Å². The molecule has 98 valence electrons. The SMILES string of the molecule is O=C(Nc1ccccn1)[C@@H]1[C@H](C(=O)O)[C@@H]2C=C[C@H]1C2. The van der Waals surface area contributed by atoms with E-state index in [2.05, 4.69) is 10.3 Å². The lowest BCUT2D eigenvalue weighted by atomic mass is 9.82. The Labute approximate surface area is 110 Å². The van der Waals surface area contributed by atoms with Crippen molar-refractivity contribution in [2.75, 3.05) is 5.32 Å². The lowest BCUT2D eigenvalue weighted by Crippen LogP contribution is -2.36. The summed E-state index contributed by atoms with van der Waals surface area (Å²) >= 11 is 0. The molecular formula is C14H14N2O3. The van der Waals surface area contributed by atoms with Gasteiger partial charge in [-0.3, -0.25) is 9.59 Å². The number of nitrogens with zero attached hydrogens (tertiary/aromatic N) is 1. The van der Waals surface area contributed by atoms with Crippen molar-refractivity contribution in [2.45, 2.75) is 6.42 Å². The molecule has 0 aromatic carbocycles. The van der Waals surface area contributed by atoms with Gasteiger partial charge in [0.2, 0.25) is 5.91 Å². The molecule has 0 aliphatic heterocycles. The van der Waals surface area contributed by atoms with Crippen molar-refractivity contribution < 1.29 is 14.7 Å².